The predicted molar refractivity (Wildman–Crippen MR) is 79.6 cm³/mol. The molecule has 0 aliphatic heterocycles. The zero-order valence-corrected chi connectivity index (χ0v) is 12.4. The van der Waals surface area contributed by atoms with E-state index in [4.69, 9.17) is 10.0 Å². The van der Waals surface area contributed by atoms with Gasteiger partial charge in [-0.25, -0.2) is 0 Å². The molecule has 108 valence electrons. The summed E-state index contributed by atoms with van der Waals surface area (Å²) < 4.78 is 0. The fourth-order valence-corrected chi connectivity index (χ4v) is 1.41. The molecule has 7 heteroatoms. The van der Waals surface area contributed by atoms with Gasteiger partial charge in [-0.3, -0.25) is 0 Å². The van der Waals surface area contributed by atoms with Gasteiger partial charge in [-0.1, -0.05) is 24.8 Å². The molecule has 0 saturated heterocycles. The molecule has 0 aliphatic rings. The lowest BCUT2D eigenvalue weighted by molar-refractivity contribution is 0.306. The second kappa shape index (κ2) is 6.63. The van der Waals surface area contributed by atoms with Crippen LogP contribution in [0.5, 0.6) is 0 Å². The second-order valence-corrected chi connectivity index (χ2v) is 5.44. The molecular formula is C13H21BN4O2. The van der Waals surface area contributed by atoms with Crippen molar-refractivity contribution in [2.75, 3.05) is 0 Å². The van der Waals surface area contributed by atoms with E-state index in [-0.39, 0.29) is 5.54 Å². The maximum absolute atomic E-state index is 9.08. The minimum Gasteiger partial charge on any atom is -0.423 e. The number of nitrogens with zero attached hydrogens (tertiary/aromatic N) is 4. The summed E-state index contributed by atoms with van der Waals surface area (Å²) in [5, 5.41) is 30.4. The molecule has 0 atom stereocenters. The first-order valence-corrected chi connectivity index (χ1v) is 6.43. The summed E-state index contributed by atoms with van der Waals surface area (Å²) in [6.07, 6.45) is 5.64. The van der Waals surface area contributed by atoms with E-state index in [0.717, 1.165) is 0 Å². The Morgan fingerprint density at radius 1 is 1.40 bits per heavy atom. The zero-order chi connectivity index (χ0) is 15.3. The van der Waals surface area contributed by atoms with E-state index in [1.165, 1.54) is 4.80 Å². The van der Waals surface area contributed by atoms with Crippen LogP contribution >= 0.6 is 0 Å². The van der Waals surface area contributed by atoms with Crippen molar-refractivity contribution in [2.24, 2.45) is 0 Å². The molecule has 1 aromatic rings. The molecule has 20 heavy (non-hydrogen) atoms. The summed E-state index contributed by atoms with van der Waals surface area (Å²) in [6, 6.07) is 0. The van der Waals surface area contributed by atoms with Gasteiger partial charge in [0.2, 0.25) is 5.82 Å². The van der Waals surface area contributed by atoms with Crippen LogP contribution in [0.2, 0.25) is 0 Å². The topological polar surface area (TPSA) is 84.1 Å². The Kier molecular flexibility index (Phi) is 5.41. The van der Waals surface area contributed by atoms with Crippen LogP contribution in [0.3, 0.4) is 0 Å². The van der Waals surface area contributed by atoms with Crippen LogP contribution in [0.15, 0.2) is 30.3 Å². The van der Waals surface area contributed by atoms with Crippen molar-refractivity contribution in [1.82, 2.24) is 20.2 Å². The van der Waals surface area contributed by atoms with Crippen molar-refractivity contribution in [3.63, 3.8) is 0 Å². The Bertz CT molecular complexity index is 527. The van der Waals surface area contributed by atoms with Gasteiger partial charge < -0.3 is 10.0 Å². The molecule has 0 amide bonds. The van der Waals surface area contributed by atoms with Gasteiger partial charge in [0.25, 0.3) is 0 Å². The highest BCUT2D eigenvalue weighted by Crippen LogP contribution is 2.14. The van der Waals surface area contributed by atoms with Crippen LogP contribution in [0.1, 0.15) is 39.9 Å². The second-order valence-electron chi connectivity index (χ2n) is 5.44. The Morgan fingerprint density at radius 2 is 2.05 bits per heavy atom. The summed E-state index contributed by atoms with van der Waals surface area (Å²) in [5.41, 5.74) is 0.928. The van der Waals surface area contributed by atoms with Gasteiger partial charge in [0.15, 0.2) is 0 Å². The fraction of sp³-hybridized carbons (Fsp3) is 0.462. The molecule has 0 unspecified atom stereocenters. The Labute approximate surface area is 119 Å². The van der Waals surface area contributed by atoms with Crippen molar-refractivity contribution >= 4 is 12.7 Å². The number of tetrazole rings is 1. The molecule has 0 aliphatic carbocycles. The lowest BCUT2D eigenvalue weighted by Gasteiger charge is -2.15. The first kappa shape index (κ1) is 16.3. The van der Waals surface area contributed by atoms with Gasteiger partial charge in [0.05, 0.1) is 5.54 Å². The largest absolute Gasteiger partial charge is 0.484 e. The van der Waals surface area contributed by atoms with E-state index in [1.54, 1.807) is 25.2 Å². The minimum absolute atomic E-state index is 0.228. The number of hydrogen-bond donors (Lipinski definition) is 2. The summed E-state index contributed by atoms with van der Waals surface area (Å²) in [7, 11) is -1.43. The van der Waals surface area contributed by atoms with Crippen LogP contribution in [0, 0.1) is 0 Å². The molecule has 0 spiro atoms. The van der Waals surface area contributed by atoms with E-state index >= 15 is 0 Å². The first-order valence-electron chi connectivity index (χ1n) is 6.43. The van der Waals surface area contributed by atoms with E-state index in [9.17, 15) is 0 Å². The molecule has 1 heterocycles. The average molecular weight is 276 g/mol. The van der Waals surface area contributed by atoms with Gasteiger partial charge >= 0.3 is 7.12 Å². The third kappa shape index (κ3) is 4.43. The zero-order valence-electron chi connectivity index (χ0n) is 12.4. The molecule has 6 nitrogen and oxygen atoms in total. The predicted octanol–water partition coefficient (Wildman–Crippen LogP) is 1.35. The Balaban J connectivity index is 2.70. The molecule has 0 bridgehead atoms. The molecule has 0 fully saturated rings. The van der Waals surface area contributed by atoms with Crippen LogP contribution in [0.25, 0.3) is 5.57 Å². The maximum atomic E-state index is 9.08. The lowest BCUT2D eigenvalue weighted by Crippen LogP contribution is -2.24. The minimum atomic E-state index is -1.43. The summed E-state index contributed by atoms with van der Waals surface area (Å²) in [5.74, 6) is 0.461. The van der Waals surface area contributed by atoms with Crippen LogP contribution in [0.4, 0.5) is 0 Å². The van der Waals surface area contributed by atoms with Crippen LogP contribution in [-0.4, -0.2) is 37.4 Å². The smallest absolute Gasteiger partial charge is 0.423 e. The Morgan fingerprint density at radius 3 is 2.50 bits per heavy atom. The van der Waals surface area contributed by atoms with Crippen molar-refractivity contribution in [1.29, 1.82) is 0 Å². The number of hydrogen-bond acceptors (Lipinski definition) is 5. The SMILES string of the molecule is C=C(/C=C\C/C(=C\C)B(O)O)c1nnn(C(C)(C)C)n1. The van der Waals surface area contributed by atoms with Gasteiger partial charge in [-0.05, 0) is 44.8 Å². The quantitative estimate of drug-likeness (QED) is 0.626. The third-order valence-electron chi connectivity index (χ3n) is 2.68. The number of rotatable bonds is 5. The van der Waals surface area contributed by atoms with Crippen molar-refractivity contribution in [2.45, 2.75) is 39.7 Å². The molecule has 0 radical (unpaired) electrons. The molecule has 0 aromatic carbocycles. The highest BCUT2D eigenvalue weighted by molar-refractivity contribution is 6.50. The Hall–Kier alpha value is -1.73. The van der Waals surface area contributed by atoms with E-state index in [2.05, 4.69) is 22.0 Å². The van der Waals surface area contributed by atoms with Crippen molar-refractivity contribution in [3.05, 3.63) is 36.1 Å². The highest BCUT2D eigenvalue weighted by atomic mass is 16.4. The average Bonchev–Trinajstić information content (AvgIpc) is 2.83. The molecular weight excluding hydrogens is 255 g/mol. The number of allylic oxidation sites excluding steroid dienone is 5. The maximum Gasteiger partial charge on any atom is 0.484 e. The molecule has 2 N–H and O–H groups in total. The molecule has 1 rings (SSSR count). The van der Waals surface area contributed by atoms with Crippen LogP contribution in [-0.2, 0) is 5.54 Å². The van der Waals surface area contributed by atoms with E-state index < -0.39 is 7.12 Å². The highest BCUT2D eigenvalue weighted by Gasteiger charge is 2.17. The standard InChI is InChI=1S/C13H21BN4O2/c1-6-11(14(19)20)9-7-8-10(2)12-15-17-18(16-12)13(3,4)5/h6-8,19-20H,2,9H2,1,3-5H3/b8-7-,11-6+. The summed E-state index contributed by atoms with van der Waals surface area (Å²) in [4.78, 5) is 1.54. The number of aromatic nitrogens is 4. The summed E-state index contributed by atoms with van der Waals surface area (Å²) in [6.45, 7) is 11.6. The van der Waals surface area contributed by atoms with E-state index in [0.29, 0.717) is 23.3 Å². The fourth-order valence-electron chi connectivity index (χ4n) is 1.41. The normalized spacial score (nSPS) is 13.0. The van der Waals surface area contributed by atoms with Gasteiger partial charge in [0, 0.05) is 5.57 Å². The van der Waals surface area contributed by atoms with E-state index in [1.807, 2.05) is 20.8 Å². The lowest BCUT2D eigenvalue weighted by atomic mass is 9.77. The van der Waals surface area contributed by atoms with Crippen molar-refractivity contribution < 1.29 is 10.0 Å². The van der Waals surface area contributed by atoms with Gasteiger partial charge in [0.1, 0.15) is 0 Å². The van der Waals surface area contributed by atoms with Crippen LogP contribution < -0.4 is 0 Å². The summed E-state index contributed by atoms with van der Waals surface area (Å²) >= 11 is 0. The third-order valence-corrected chi connectivity index (χ3v) is 2.68. The molecule has 1 aromatic heterocycles. The monoisotopic (exact) mass is 276 g/mol. The van der Waals surface area contributed by atoms with Gasteiger partial charge in [-0.15, -0.1) is 10.2 Å². The van der Waals surface area contributed by atoms with Crippen molar-refractivity contribution in [3.8, 4) is 0 Å². The first-order chi connectivity index (χ1) is 9.25. The molecule has 0 saturated carbocycles. The van der Waals surface area contributed by atoms with Gasteiger partial charge in [-0.2, -0.15) is 4.80 Å².